The third kappa shape index (κ3) is 7.78. The Morgan fingerprint density at radius 1 is 0.806 bits per heavy atom. The van der Waals surface area contributed by atoms with E-state index in [2.05, 4.69) is 31.2 Å². The molecule has 0 aromatic heterocycles. The zero-order valence-corrected chi connectivity index (χ0v) is 22.2. The van der Waals surface area contributed by atoms with Crippen molar-refractivity contribution in [2.75, 3.05) is 13.2 Å². The van der Waals surface area contributed by atoms with Crippen LogP contribution in [-0.2, 0) is 18.6 Å². The lowest BCUT2D eigenvalue weighted by molar-refractivity contribution is -0.149. The maximum Gasteiger partial charge on any atom is 0.309 e. The van der Waals surface area contributed by atoms with Gasteiger partial charge in [-0.1, -0.05) is 92.7 Å². The molecule has 0 radical (unpaired) electrons. The Morgan fingerprint density at radius 2 is 1.36 bits per heavy atom. The van der Waals surface area contributed by atoms with E-state index in [4.69, 9.17) is 9.26 Å². The van der Waals surface area contributed by atoms with E-state index in [1.54, 1.807) is 0 Å². The third-order valence-corrected chi connectivity index (χ3v) is 8.78. The molecule has 190 valence electrons. The SMILES string of the molecule is CC/C=C/CC(CC(CC)C(=O)OCCOP(=O)(c1ccccc1)c1ccccc1)c1ccccc1. The van der Waals surface area contributed by atoms with Gasteiger partial charge in [-0.15, -0.1) is 0 Å². The lowest BCUT2D eigenvalue weighted by Gasteiger charge is -2.22. The number of esters is 1. The Labute approximate surface area is 215 Å². The molecular formula is C31H37O4P. The van der Waals surface area contributed by atoms with Gasteiger partial charge in [0, 0.05) is 10.6 Å². The van der Waals surface area contributed by atoms with Crippen molar-refractivity contribution >= 4 is 23.9 Å². The minimum absolute atomic E-state index is 0.0601. The van der Waals surface area contributed by atoms with Gasteiger partial charge in [0.1, 0.15) is 6.61 Å². The quantitative estimate of drug-likeness (QED) is 0.102. The van der Waals surface area contributed by atoms with Crippen LogP contribution in [0.2, 0.25) is 0 Å². The summed E-state index contributed by atoms with van der Waals surface area (Å²) in [5.41, 5.74) is 1.24. The van der Waals surface area contributed by atoms with Gasteiger partial charge in [0.05, 0.1) is 12.5 Å². The Bertz CT molecular complexity index is 1070. The number of hydrogen-bond donors (Lipinski definition) is 0. The predicted octanol–water partition coefficient (Wildman–Crippen LogP) is 7.03. The first-order valence-electron chi connectivity index (χ1n) is 12.8. The molecular weight excluding hydrogens is 467 g/mol. The van der Waals surface area contributed by atoms with Crippen LogP contribution in [0.4, 0.5) is 0 Å². The molecule has 0 aliphatic carbocycles. The van der Waals surface area contributed by atoms with Crippen molar-refractivity contribution in [1.29, 1.82) is 0 Å². The highest BCUT2D eigenvalue weighted by Crippen LogP contribution is 2.44. The molecule has 0 aliphatic rings. The summed E-state index contributed by atoms with van der Waals surface area (Å²) in [7, 11) is -3.29. The van der Waals surface area contributed by atoms with E-state index in [1.807, 2.05) is 85.8 Å². The van der Waals surface area contributed by atoms with Gasteiger partial charge in [-0.3, -0.25) is 9.36 Å². The monoisotopic (exact) mass is 504 g/mol. The van der Waals surface area contributed by atoms with Crippen LogP contribution in [0.3, 0.4) is 0 Å². The normalized spacial score (nSPS) is 13.4. The topological polar surface area (TPSA) is 52.6 Å². The lowest BCUT2D eigenvalue weighted by atomic mass is 9.85. The molecule has 0 saturated heterocycles. The Hall–Kier alpha value is -2.94. The van der Waals surface area contributed by atoms with Gasteiger partial charge in [0.15, 0.2) is 0 Å². The second-order valence-corrected chi connectivity index (χ2v) is 11.2. The summed E-state index contributed by atoms with van der Waals surface area (Å²) in [5, 5.41) is 1.25. The number of carbonyl (C=O) groups is 1. The summed E-state index contributed by atoms with van der Waals surface area (Å²) in [5.74, 6) is -0.185. The summed E-state index contributed by atoms with van der Waals surface area (Å²) in [6, 6.07) is 28.7. The van der Waals surface area contributed by atoms with Gasteiger partial charge in [-0.25, -0.2) is 0 Å². The first kappa shape index (κ1) is 27.6. The lowest BCUT2D eigenvalue weighted by Crippen LogP contribution is -2.23. The number of hydrogen-bond acceptors (Lipinski definition) is 4. The molecule has 0 bridgehead atoms. The van der Waals surface area contributed by atoms with Crippen LogP contribution in [0.5, 0.6) is 0 Å². The largest absolute Gasteiger partial charge is 0.463 e. The highest BCUT2D eigenvalue weighted by molar-refractivity contribution is 7.74. The first-order valence-corrected chi connectivity index (χ1v) is 14.4. The third-order valence-electron chi connectivity index (χ3n) is 6.28. The van der Waals surface area contributed by atoms with E-state index in [0.717, 1.165) is 19.3 Å². The number of ether oxygens (including phenoxy) is 1. The van der Waals surface area contributed by atoms with Crippen molar-refractivity contribution in [3.63, 3.8) is 0 Å². The average molecular weight is 505 g/mol. The van der Waals surface area contributed by atoms with Gasteiger partial charge < -0.3 is 9.26 Å². The van der Waals surface area contributed by atoms with E-state index in [1.165, 1.54) is 5.56 Å². The molecule has 3 aromatic carbocycles. The summed E-state index contributed by atoms with van der Waals surface area (Å²) in [6.45, 7) is 4.26. The van der Waals surface area contributed by atoms with E-state index >= 15 is 0 Å². The number of benzene rings is 3. The van der Waals surface area contributed by atoms with Crippen molar-refractivity contribution < 1.29 is 18.6 Å². The predicted molar refractivity (Wildman–Crippen MR) is 148 cm³/mol. The van der Waals surface area contributed by atoms with E-state index in [9.17, 15) is 9.36 Å². The second-order valence-electron chi connectivity index (χ2n) is 8.79. The van der Waals surface area contributed by atoms with Crippen molar-refractivity contribution in [3.05, 3.63) is 109 Å². The van der Waals surface area contributed by atoms with E-state index in [0.29, 0.717) is 17.0 Å². The number of carbonyl (C=O) groups excluding carboxylic acids is 1. The molecule has 0 aliphatic heterocycles. The van der Waals surface area contributed by atoms with Crippen LogP contribution >= 0.6 is 7.37 Å². The Morgan fingerprint density at radius 3 is 1.89 bits per heavy atom. The number of allylic oxidation sites excluding steroid dienone is 2. The van der Waals surface area contributed by atoms with Crippen molar-refractivity contribution in [2.24, 2.45) is 5.92 Å². The molecule has 3 aromatic rings. The molecule has 3 rings (SSSR count). The second kappa shape index (κ2) is 14.6. The zero-order chi connectivity index (χ0) is 25.6. The van der Waals surface area contributed by atoms with Crippen molar-refractivity contribution in [1.82, 2.24) is 0 Å². The molecule has 2 atom stereocenters. The molecule has 0 spiro atoms. The molecule has 0 heterocycles. The highest BCUT2D eigenvalue weighted by atomic mass is 31.2. The molecule has 0 amide bonds. The van der Waals surface area contributed by atoms with Crippen LogP contribution in [0, 0.1) is 5.92 Å². The van der Waals surface area contributed by atoms with Crippen LogP contribution < -0.4 is 10.6 Å². The van der Waals surface area contributed by atoms with Gasteiger partial charge in [-0.05, 0) is 61.4 Å². The van der Waals surface area contributed by atoms with Crippen LogP contribution in [0.15, 0.2) is 103 Å². The standard InChI is InChI=1S/C31H37O4P/c1-3-5-9-18-28(27-16-10-6-11-17-27)25-26(4-2)31(32)34-23-24-35-36(33,29-19-12-7-13-20-29)30-21-14-8-15-22-30/h5-17,19-22,26,28H,3-4,18,23-25H2,1-2H3/b9-5+. The van der Waals surface area contributed by atoms with Gasteiger partial charge in [0.25, 0.3) is 7.37 Å². The molecule has 0 fully saturated rings. The molecule has 36 heavy (non-hydrogen) atoms. The highest BCUT2D eigenvalue weighted by Gasteiger charge is 2.29. The zero-order valence-electron chi connectivity index (χ0n) is 21.3. The van der Waals surface area contributed by atoms with Gasteiger partial charge in [-0.2, -0.15) is 0 Å². The van der Waals surface area contributed by atoms with Crippen LogP contribution in [-0.4, -0.2) is 19.2 Å². The maximum absolute atomic E-state index is 13.9. The summed E-state index contributed by atoms with van der Waals surface area (Å²) in [6.07, 6.45) is 7.69. The average Bonchev–Trinajstić information content (AvgIpc) is 2.94. The van der Waals surface area contributed by atoms with E-state index < -0.39 is 7.37 Å². The fourth-order valence-electron chi connectivity index (χ4n) is 4.27. The summed E-state index contributed by atoms with van der Waals surface area (Å²) < 4.78 is 25.5. The molecule has 0 N–H and O–H groups in total. The summed E-state index contributed by atoms with van der Waals surface area (Å²) in [4.78, 5) is 13.0. The molecule has 4 nitrogen and oxygen atoms in total. The van der Waals surface area contributed by atoms with Gasteiger partial charge >= 0.3 is 5.97 Å². The molecule has 0 saturated carbocycles. The molecule has 5 heteroatoms. The molecule has 2 unspecified atom stereocenters. The van der Waals surface area contributed by atoms with Gasteiger partial charge in [0.2, 0.25) is 0 Å². The Balaban J connectivity index is 1.61. The minimum atomic E-state index is -3.29. The van der Waals surface area contributed by atoms with Crippen molar-refractivity contribution in [2.45, 2.75) is 45.4 Å². The fourth-order valence-corrected chi connectivity index (χ4v) is 6.32. The van der Waals surface area contributed by atoms with Crippen molar-refractivity contribution in [3.8, 4) is 0 Å². The summed E-state index contributed by atoms with van der Waals surface area (Å²) >= 11 is 0. The number of rotatable bonds is 14. The smallest absolute Gasteiger partial charge is 0.309 e. The Kier molecular flexibility index (Phi) is 11.2. The van der Waals surface area contributed by atoms with Crippen LogP contribution in [0.1, 0.15) is 51.0 Å². The van der Waals surface area contributed by atoms with E-state index in [-0.39, 0.29) is 31.0 Å². The maximum atomic E-state index is 13.9. The van der Waals surface area contributed by atoms with Crippen LogP contribution in [0.25, 0.3) is 0 Å². The fraction of sp³-hybridized carbons (Fsp3) is 0.323. The minimum Gasteiger partial charge on any atom is -0.463 e. The first-order chi connectivity index (χ1) is 17.6.